The summed E-state index contributed by atoms with van der Waals surface area (Å²) in [5.41, 5.74) is 0.299. The first-order chi connectivity index (χ1) is 8.81. The van der Waals surface area contributed by atoms with Gasteiger partial charge < -0.3 is 20.5 Å². The van der Waals surface area contributed by atoms with Crippen molar-refractivity contribution in [2.24, 2.45) is 5.92 Å². The van der Waals surface area contributed by atoms with Gasteiger partial charge >= 0.3 is 6.03 Å². The summed E-state index contributed by atoms with van der Waals surface area (Å²) in [7, 11) is 0. The van der Waals surface area contributed by atoms with Gasteiger partial charge in [0, 0.05) is 5.02 Å². The summed E-state index contributed by atoms with van der Waals surface area (Å²) in [6, 6.07) is 2.79. The van der Waals surface area contributed by atoms with E-state index in [1.807, 2.05) is 0 Å². The van der Waals surface area contributed by atoms with Crippen LogP contribution in [0.2, 0.25) is 10.0 Å². The molecule has 0 spiro atoms. The number of carbonyl (C=O) groups is 2. The first-order valence-electron chi connectivity index (χ1n) is 5.54. The zero-order valence-corrected chi connectivity index (χ0v) is 11.9. The van der Waals surface area contributed by atoms with E-state index in [1.165, 1.54) is 12.1 Å². The summed E-state index contributed by atoms with van der Waals surface area (Å²) < 4.78 is 0. The summed E-state index contributed by atoms with van der Waals surface area (Å²) in [6.45, 7) is 3.32. The molecule has 1 aromatic carbocycles. The van der Waals surface area contributed by atoms with Gasteiger partial charge in [0.15, 0.2) is 0 Å². The molecule has 0 radical (unpaired) electrons. The van der Waals surface area contributed by atoms with E-state index in [-0.39, 0.29) is 5.92 Å². The number of carboxylic acids is 1. The molecule has 0 heterocycles. The zero-order valence-electron chi connectivity index (χ0n) is 10.4. The second-order valence-electron chi connectivity index (χ2n) is 4.26. The number of nitrogens with one attached hydrogen (secondary N) is 2. The first-order valence-corrected chi connectivity index (χ1v) is 6.30. The van der Waals surface area contributed by atoms with E-state index in [2.05, 4.69) is 10.6 Å². The minimum Gasteiger partial charge on any atom is -0.548 e. The van der Waals surface area contributed by atoms with Crippen molar-refractivity contribution in [2.45, 2.75) is 19.9 Å². The lowest BCUT2D eigenvalue weighted by atomic mass is 10.1. The molecule has 0 aliphatic rings. The molecule has 0 aliphatic heterocycles. The third-order valence-corrected chi connectivity index (χ3v) is 2.95. The Hall–Kier alpha value is -1.46. The second kappa shape index (κ2) is 6.63. The van der Waals surface area contributed by atoms with Crippen LogP contribution in [-0.2, 0) is 4.79 Å². The van der Waals surface area contributed by atoms with E-state index in [0.717, 1.165) is 0 Å². The van der Waals surface area contributed by atoms with Crippen molar-refractivity contribution in [1.29, 1.82) is 0 Å². The Morgan fingerprint density at radius 2 is 1.89 bits per heavy atom. The number of amides is 2. The Bertz CT molecular complexity index is 492. The van der Waals surface area contributed by atoms with Gasteiger partial charge in [0.1, 0.15) is 0 Å². The lowest BCUT2D eigenvalue weighted by Crippen LogP contribution is -2.51. The number of urea groups is 1. The van der Waals surface area contributed by atoms with Gasteiger partial charge in [-0.1, -0.05) is 37.0 Å². The van der Waals surface area contributed by atoms with Gasteiger partial charge in [-0.2, -0.15) is 0 Å². The molecule has 0 unspecified atom stereocenters. The predicted molar refractivity (Wildman–Crippen MR) is 72.2 cm³/mol. The van der Waals surface area contributed by atoms with Crippen LogP contribution in [0.5, 0.6) is 0 Å². The van der Waals surface area contributed by atoms with Crippen LogP contribution in [0.4, 0.5) is 10.5 Å². The fourth-order valence-corrected chi connectivity index (χ4v) is 1.73. The van der Waals surface area contributed by atoms with Crippen LogP contribution in [0.15, 0.2) is 18.2 Å². The lowest BCUT2D eigenvalue weighted by Gasteiger charge is -2.23. The molecular weight excluding hydrogens is 291 g/mol. The molecule has 0 saturated carbocycles. The van der Waals surface area contributed by atoms with Crippen LogP contribution in [0.3, 0.4) is 0 Å². The molecule has 7 heteroatoms. The quantitative estimate of drug-likeness (QED) is 0.891. The molecule has 0 aromatic heterocycles. The fraction of sp³-hybridized carbons (Fsp3) is 0.333. The predicted octanol–water partition coefficient (Wildman–Crippen LogP) is 1.89. The van der Waals surface area contributed by atoms with Gasteiger partial charge in [-0.05, 0) is 24.1 Å². The minimum absolute atomic E-state index is 0.299. The van der Waals surface area contributed by atoms with E-state index < -0.39 is 18.0 Å². The number of benzene rings is 1. The van der Waals surface area contributed by atoms with E-state index in [1.54, 1.807) is 19.9 Å². The Kier molecular flexibility index (Phi) is 5.44. The van der Waals surface area contributed by atoms with Crippen molar-refractivity contribution in [3.05, 3.63) is 28.2 Å². The maximum Gasteiger partial charge on any atom is 0.319 e. The van der Waals surface area contributed by atoms with E-state index >= 15 is 0 Å². The topological polar surface area (TPSA) is 81.3 Å². The summed E-state index contributed by atoms with van der Waals surface area (Å²) in [6.07, 6.45) is 0. The Morgan fingerprint density at radius 1 is 1.26 bits per heavy atom. The van der Waals surface area contributed by atoms with Crippen molar-refractivity contribution in [3.8, 4) is 0 Å². The average molecular weight is 304 g/mol. The van der Waals surface area contributed by atoms with E-state index in [0.29, 0.717) is 15.7 Å². The molecular formula is C12H13Cl2N2O3-. The van der Waals surface area contributed by atoms with E-state index in [9.17, 15) is 14.7 Å². The van der Waals surface area contributed by atoms with Gasteiger partial charge in [-0.25, -0.2) is 4.79 Å². The molecule has 19 heavy (non-hydrogen) atoms. The number of rotatable bonds is 4. The second-order valence-corrected chi connectivity index (χ2v) is 5.11. The Labute approximate surface area is 120 Å². The molecule has 0 saturated heterocycles. The number of hydrogen-bond donors (Lipinski definition) is 2. The maximum absolute atomic E-state index is 11.7. The van der Waals surface area contributed by atoms with Crippen LogP contribution < -0.4 is 15.7 Å². The molecule has 0 fully saturated rings. The molecule has 1 aromatic rings. The lowest BCUT2D eigenvalue weighted by molar-refractivity contribution is -0.309. The van der Waals surface area contributed by atoms with Crippen LogP contribution in [0, 0.1) is 5.92 Å². The smallest absolute Gasteiger partial charge is 0.319 e. The van der Waals surface area contributed by atoms with E-state index in [4.69, 9.17) is 23.2 Å². The largest absolute Gasteiger partial charge is 0.548 e. The highest BCUT2D eigenvalue weighted by Gasteiger charge is 2.17. The molecule has 2 N–H and O–H groups in total. The highest BCUT2D eigenvalue weighted by atomic mass is 35.5. The van der Waals surface area contributed by atoms with Gasteiger partial charge in [0.25, 0.3) is 0 Å². The van der Waals surface area contributed by atoms with Crippen LogP contribution >= 0.6 is 23.2 Å². The third-order valence-electron chi connectivity index (χ3n) is 2.38. The SMILES string of the molecule is CC(C)[C@H](NC(=O)Nc1cc(Cl)ccc1Cl)C(=O)[O-]. The summed E-state index contributed by atoms with van der Waals surface area (Å²) in [4.78, 5) is 22.5. The first kappa shape index (κ1) is 15.6. The van der Waals surface area contributed by atoms with Gasteiger partial charge in [-0.15, -0.1) is 0 Å². The van der Waals surface area contributed by atoms with Gasteiger partial charge in [0.05, 0.1) is 22.7 Å². The monoisotopic (exact) mass is 303 g/mol. The molecule has 2 amide bonds. The number of aliphatic carboxylic acids is 1. The Balaban J connectivity index is 2.74. The van der Waals surface area contributed by atoms with Crippen molar-refractivity contribution >= 4 is 40.9 Å². The number of carbonyl (C=O) groups excluding carboxylic acids is 2. The molecule has 0 bridgehead atoms. The third kappa shape index (κ3) is 4.61. The van der Waals surface area contributed by atoms with Crippen molar-refractivity contribution in [3.63, 3.8) is 0 Å². The zero-order chi connectivity index (χ0) is 14.6. The average Bonchev–Trinajstić information content (AvgIpc) is 2.30. The standard InChI is InChI=1S/C12H14Cl2N2O3/c1-6(2)10(11(17)18)16-12(19)15-9-5-7(13)3-4-8(9)14/h3-6,10H,1-2H3,(H,17,18)(H2,15,16,19)/p-1/t10-/m0/s1. The van der Waals surface area contributed by atoms with Crippen molar-refractivity contribution < 1.29 is 14.7 Å². The number of hydrogen-bond acceptors (Lipinski definition) is 3. The maximum atomic E-state index is 11.7. The highest BCUT2D eigenvalue weighted by Crippen LogP contribution is 2.25. The molecule has 0 aliphatic carbocycles. The minimum atomic E-state index is -1.35. The van der Waals surface area contributed by atoms with Crippen molar-refractivity contribution in [2.75, 3.05) is 5.32 Å². The summed E-state index contributed by atoms with van der Waals surface area (Å²) in [5.74, 6) is -1.65. The molecule has 1 atom stereocenters. The fourth-order valence-electron chi connectivity index (χ4n) is 1.39. The van der Waals surface area contributed by atoms with Crippen LogP contribution in [-0.4, -0.2) is 18.0 Å². The van der Waals surface area contributed by atoms with Gasteiger partial charge in [-0.3, -0.25) is 0 Å². The number of carboxylic acid groups (broad SMARTS) is 1. The molecule has 1 rings (SSSR count). The van der Waals surface area contributed by atoms with Gasteiger partial charge in [0.2, 0.25) is 0 Å². The summed E-state index contributed by atoms with van der Waals surface area (Å²) >= 11 is 11.6. The highest BCUT2D eigenvalue weighted by molar-refractivity contribution is 6.35. The normalized spacial score (nSPS) is 12.1. The van der Waals surface area contributed by atoms with Crippen molar-refractivity contribution in [1.82, 2.24) is 5.32 Å². The van der Waals surface area contributed by atoms with Crippen LogP contribution in [0.25, 0.3) is 0 Å². The molecule has 5 nitrogen and oxygen atoms in total. The Morgan fingerprint density at radius 3 is 2.42 bits per heavy atom. The number of anilines is 1. The van der Waals surface area contributed by atoms with Crippen LogP contribution in [0.1, 0.15) is 13.8 Å². The summed E-state index contributed by atoms with van der Waals surface area (Å²) in [5, 5.41) is 16.3. The number of halogens is 2. The molecule has 104 valence electrons.